The molecule has 0 N–H and O–H groups in total. The molecule has 0 aliphatic carbocycles. The third kappa shape index (κ3) is 4.27. The molecule has 7 heteroatoms. The number of Topliss-reactive ketones (excluding diaryl/α,β-unsaturated/α-hetero) is 1. The van der Waals surface area contributed by atoms with Crippen molar-refractivity contribution in [2.45, 2.75) is 20.0 Å². The van der Waals surface area contributed by atoms with E-state index in [1.54, 1.807) is 16.3 Å². The van der Waals surface area contributed by atoms with E-state index in [0.29, 0.717) is 30.1 Å². The molecule has 4 rings (SSSR count). The van der Waals surface area contributed by atoms with Gasteiger partial charge in [-0.25, -0.2) is 0 Å². The van der Waals surface area contributed by atoms with E-state index in [0.717, 1.165) is 44.2 Å². The summed E-state index contributed by atoms with van der Waals surface area (Å²) in [7, 11) is 0. The van der Waals surface area contributed by atoms with Crippen LogP contribution in [-0.4, -0.2) is 60.9 Å². The average molecular weight is 401 g/mol. The van der Waals surface area contributed by atoms with Gasteiger partial charge in [-0.1, -0.05) is 6.07 Å². The van der Waals surface area contributed by atoms with Gasteiger partial charge in [-0.3, -0.25) is 14.5 Å². The quantitative estimate of drug-likeness (QED) is 0.739. The van der Waals surface area contributed by atoms with Gasteiger partial charge < -0.3 is 14.4 Å². The molecule has 0 saturated carbocycles. The number of benzene rings is 1. The first-order valence-corrected chi connectivity index (χ1v) is 10.4. The second-order valence-corrected chi connectivity index (χ2v) is 8.07. The molecule has 148 valence electrons. The predicted molar refractivity (Wildman–Crippen MR) is 107 cm³/mol. The molecule has 0 atom stereocenters. The molecule has 1 fully saturated rings. The smallest absolute Gasteiger partial charge is 0.255 e. The summed E-state index contributed by atoms with van der Waals surface area (Å²) in [6, 6.07) is 7.95. The van der Waals surface area contributed by atoms with Gasteiger partial charge in [0.2, 0.25) is 0 Å². The van der Waals surface area contributed by atoms with E-state index in [1.807, 2.05) is 6.07 Å². The van der Waals surface area contributed by atoms with Gasteiger partial charge in [0, 0.05) is 37.1 Å². The van der Waals surface area contributed by atoms with Gasteiger partial charge in [0.15, 0.2) is 5.78 Å². The molecule has 6 nitrogen and oxygen atoms in total. The Labute approximate surface area is 168 Å². The lowest BCUT2D eigenvalue weighted by molar-refractivity contribution is 0.0341. The molecule has 28 heavy (non-hydrogen) atoms. The molecule has 2 aromatic rings. The Balaban J connectivity index is 1.50. The average Bonchev–Trinajstić information content (AvgIpc) is 3.10. The number of ketones is 1. The van der Waals surface area contributed by atoms with Crippen LogP contribution >= 0.6 is 11.3 Å². The summed E-state index contributed by atoms with van der Waals surface area (Å²) in [5.74, 6) is 0.774. The standard InChI is InChI=1S/C21H24N2O4S/c1-15(24)20-11-18(14-28-20)21(25)23-6-9-27-19-3-2-16(10-17(19)13-23)12-22-4-7-26-8-5-22/h2-3,10-11,14H,4-9,12-13H2,1H3. The fraction of sp³-hybridized carbons (Fsp3) is 0.429. The van der Waals surface area contributed by atoms with Crippen LogP contribution in [0.4, 0.5) is 0 Å². The summed E-state index contributed by atoms with van der Waals surface area (Å²) in [6.07, 6.45) is 0. The van der Waals surface area contributed by atoms with E-state index >= 15 is 0 Å². The van der Waals surface area contributed by atoms with Gasteiger partial charge in [0.1, 0.15) is 12.4 Å². The lowest BCUT2D eigenvalue weighted by Gasteiger charge is -2.27. The Bertz CT molecular complexity index is 873. The van der Waals surface area contributed by atoms with Crippen LogP contribution in [0.15, 0.2) is 29.6 Å². The Kier molecular flexibility index (Phi) is 5.75. The Morgan fingerprint density at radius 3 is 2.68 bits per heavy atom. The van der Waals surface area contributed by atoms with Crippen LogP contribution in [0.3, 0.4) is 0 Å². The van der Waals surface area contributed by atoms with Crippen molar-refractivity contribution >= 4 is 23.0 Å². The summed E-state index contributed by atoms with van der Waals surface area (Å²) in [5, 5.41) is 1.76. The summed E-state index contributed by atoms with van der Waals surface area (Å²) in [4.78, 5) is 29.3. The van der Waals surface area contributed by atoms with E-state index in [4.69, 9.17) is 9.47 Å². The molecular weight excluding hydrogens is 376 g/mol. The van der Waals surface area contributed by atoms with Crippen molar-refractivity contribution in [3.05, 3.63) is 51.2 Å². The predicted octanol–water partition coefficient (Wildman–Crippen LogP) is 2.82. The molecule has 3 heterocycles. The summed E-state index contributed by atoms with van der Waals surface area (Å²) in [5.41, 5.74) is 2.81. The second-order valence-electron chi connectivity index (χ2n) is 7.16. The number of hydrogen-bond donors (Lipinski definition) is 0. The van der Waals surface area contributed by atoms with Crippen LogP contribution in [0.2, 0.25) is 0 Å². The Morgan fingerprint density at radius 2 is 1.93 bits per heavy atom. The number of carbonyl (C=O) groups excluding carboxylic acids is 2. The minimum atomic E-state index is -0.0567. The minimum Gasteiger partial charge on any atom is -0.491 e. The van der Waals surface area contributed by atoms with Crippen LogP contribution in [0.5, 0.6) is 5.75 Å². The molecule has 0 unspecified atom stereocenters. The fourth-order valence-electron chi connectivity index (χ4n) is 3.55. The van der Waals surface area contributed by atoms with Crippen LogP contribution < -0.4 is 4.74 Å². The van der Waals surface area contributed by atoms with E-state index in [2.05, 4.69) is 17.0 Å². The Morgan fingerprint density at radius 1 is 1.11 bits per heavy atom. The first-order chi connectivity index (χ1) is 13.6. The SMILES string of the molecule is CC(=O)c1cc(C(=O)N2CCOc3ccc(CN4CCOCC4)cc3C2)cs1. The molecule has 0 radical (unpaired) electrons. The molecule has 2 aliphatic heterocycles. The van der Waals surface area contributed by atoms with Gasteiger partial charge in [-0.05, 0) is 30.7 Å². The van der Waals surface area contributed by atoms with Crippen LogP contribution in [0, 0.1) is 0 Å². The van der Waals surface area contributed by atoms with E-state index in [9.17, 15) is 9.59 Å². The summed E-state index contributed by atoms with van der Waals surface area (Å²) in [6.45, 7) is 7.32. The number of amides is 1. The number of thiophene rings is 1. The topological polar surface area (TPSA) is 59.1 Å². The zero-order chi connectivity index (χ0) is 19.5. The number of ether oxygens (including phenoxy) is 2. The summed E-state index contributed by atoms with van der Waals surface area (Å²) >= 11 is 1.32. The van der Waals surface area contributed by atoms with Crippen molar-refractivity contribution in [1.29, 1.82) is 0 Å². The number of fused-ring (bicyclic) bond motifs is 1. The Hall–Kier alpha value is -2.22. The van der Waals surface area contributed by atoms with Gasteiger partial charge in [-0.2, -0.15) is 0 Å². The zero-order valence-corrected chi connectivity index (χ0v) is 16.8. The molecule has 1 amide bonds. The highest BCUT2D eigenvalue weighted by molar-refractivity contribution is 7.12. The van der Waals surface area contributed by atoms with E-state index < -0.39 is 0 Å². The van der Waals surface area contributed by atoms with Crippen molar-refractivity contribution in [2.75, 3.05) is 39.5 Å². The minimum absolute atomic E-state index is 0.0126. The number of carbonyl (C=O) groups is 2. The first kappa shape index (κ1) is 19.1. The monoisotopic (exact) mass is 400 g/mol. The van der Waals surface area contributed by atoms with Crippen molar-refractivity contribution < 1.29 is 19.1 Å². The second kappa shape index (κ2) is 8.43. The highest BCUT2D eigenvalue weighted by Crippen LogP contribution is 2.27. The molecule has 0 spiro atoms. The van der Waals surface area contributed by atoms with Crippen LogP contribution in [0.1, 0.15) is 38.1 Å². The van der Waals surface area contributed by atoms with E-state index in [-0.39, 0.29) is 11.7 Å². The van der Waals surface area contributed by atoms with Crippen molar-refractivity contribution in [3.8, 4) is 5.75 Å². The fourth-order valence-corrected chi connectivity index (χ4v) is 4.34. The number of hydrogen-bond acceptors (Lipinski definition) is 6. The van der Waals surface area contributed by atoms with Crippen LogP contribution in [0.25, 0.3) is 0 Å². The van der Waals surface area contributed by atoms with Crippen LogP contribution in [-0.2, 0) is 17.8 Å². The number of morpholine rings is 1. The van der Waals surface area contributed by atoms with Gasteiger partial charge >= 0.3 is 0 Å². The molecule has 1 aromatic carbocycles. The maximum atomic E-state index is 12.9. The molecule has 2 aliphatic rings. The molecule has 1 aromatic heterocycles. The van der Waals surface area contributed by atoms with E-state index in [1.165, 1.54) is 23.8 Å². The lowest BCUT2D eigenvalue weighted by Crippen LogP contribution is -2.35. The van der Waals surface area contributed by atoms with Gasteiger partial charge in [0.05, 0.1) is 30.2 Å². The highest BCUT2D eigenvalue weighted by Gasteiger charge is 2.23. The molecule has 0 bridgehead atoms. The number of rotatable bonds is 4. The zero-order valence-electron chi connectivity index (χ0n) is 16.0. The molecule has 1 saturated heterocycles. The van der Waals surface area contributed by atoms with Crippen molar-refractivity contribution in [2.24, 2.45) is 0 Å². The molecular formula is C21H24N2O4S. The largest absolute Gasteiger partial charge is 0.491 e. The third-order valence-corrected chi connectivity index (χ3v) is 6.13. The normalized spacial score (nSPS) is 17.5. The third-order valence-electron chi connectivity index (χ3n) is 5.10. The number of nitrogens with zero attached hydrogens (tertiary/aromatic N) is 2. The summed E-state index contributed by atoms with van der Waals surface area (Å²) < 4.78 is 11.3. The maximum Gasteiger partial charge on any atom is 0.255 e. The lowest BCUT2D eigenvalue weighted by atomic mass is 10.1. The van der Waals surface area contributed by atoms with Gasteiger partial charge in [0.25, 0.3) is 5.91 Å². The highest BCUT2D eigenvalue weighted by atomic mass is 32.1. The maximum absolute atomic E-state index is 12.9. The van der Waals surface area contributed by atoms with Gasteiger partial charge in [-0.15, -0.1) is 11.3 Å². The van der Waals surface area contributed by atoms with Crippen molar-refractivity contribution in [1.82, 2.24) is 9.80 Å². The first-order valence-electron chi connectivity index (χ1n) is 9.53. The van der Waals surface area contributed by atoms with Crippen molar-refractivity contribution in [3.63, 3.8) is 0 Å².